The van der Waals surface area contributed by atoms with Crippen molar-refractivity contribution in [1.82, 2.24) is 15.1 Å². The zero-order valence-corrected chi connectivity index (χ0v) is 15.0. The molecule has 1 heterocycles. The van der Waals surface area contributed by atoms with E-state index >= 15 is 0 Å². The smallest absolute Gasteiger partial charge is 0.274 e. The first-order valence-corrected chi connectivity index (χ1v) is 8.56. The van der Waals surface area contributed by atoms with Crippen molar-refractivity contribution in [3.63, 3.8) is 0 Å². The summed E-state index contributed by atoms with van der Waals surface area (Å²) in [6.07, 6.45) is 1.82. The number of anilines is 2. The second-order valence-electron chi connectivity index (χ2n) is 5.86. The van der Waals surface area contributed by atoms with E-state index in [0.29, 0.717) is 30.2 Å². The van der Waals surface area contributed by atoms with Crippen molar-refractivity contribution in [2.75, 3.05) is 18.4 Å². The Kier molecular flexibility index (Phi) is 6.62. The molecule has 6 heteroatoms. The molecule has 2 rings (SSSR count). The second kappa shape index (κ2) is 8.92. The van der Waals surface area contributed by atoms with Crippen LogP contribution in [-0.2, 0) is 0 Å². The minimum absolute atomic E-state index is 0.00242. The molecular formula is C19H24N4O2. The van der Waals surface area contributed by atoms with Gasteiger partial charge in [-0.3, -0.25) is 9.59 Å². The van der Waals surface area contributed by atoms with Crippen LogP contribution in [0, 0.1) is 0 Å². The van der Waals surface area contributed by atoms with Crippen LogP contribution in [0.25, 0.3) is 0 Å². The third kappa shape index (κ3) is 5.11. The van der Waals surface area contributed by atoms with Gasteiger partial charge in [0.05, 0.1) is 0 Å². The number of ketones is 1. The maximum atomic E-state index is 12.5. The molecule has 6 nitrogen and oxygen atoms in total. The lowest BCUT2D eigenvalue weighted by Gasteiger charge is -2.20. The highest BCUT2D eigenvalue weighted by molar-refractivity contribution is 5.95. The summed E-state index contributed by atoms with van der Waals surface area (Å²) in [6.45, 7) is 7.05. The zero-order chi connectivity index (χ0) is 18.2. The molecule has 0 radical (unpaired) electrons. The van der Waals surface area contributed by atoms with Crippen LogP contribution in [0.4, 0.5) is 11.5 Å². The Hall–Kier alpha value is -2.76. The van der Waals surface area contributed by atoms with E-state index in [-0.39, 0.29) is 11.7 Å². The molecule has 0 aliphatic rings. The van der Waals surface area contributed by atoms with E-state index in [1.807, 2.05) is 19.9 Å². The molecule has 0 saturated carbocycles. The molecule has 0 saturated heterocycles. The number of rotatable bonds is 8. The molecule has 0 bridgehead atoms. The first kappa shape index (κ1) is 18.6. The summed E-state index contributed by atoms with van der Waals surface area (Å²) in [4.78, 5) is 25.7. The molecule has 1 aromatic carbocycles. The first-order chi connectivity index (χ1) is 12.0. The van der Waals surface area contributed by atoms with Gasteiger partial charge in [-0.05, 0) is 44.0 Å². The third-order valence-corrected chi connectivity index (χ3v) is 3.70. The van der Waals surface area contributed by atoms with Crippen LogP contribution >= 0.6 is 0 Å². The van der Waals surface area contributed by atoms with Gasteiger partial charge >= 0.3 is 0 Å². The van der Waals surface area contributed by atoms with Crippen LogP contribution in [0.2, 0.25) is 0 Å². The van der Waals surface area contributed by atoms with Gasteiger partial charge in [-0.1, -0.05) is 26.0 Å². The number of nitrogens with zero attached hydrogens (tertiary/aromatic N) is 3. The molecule has 0 spiro atoms. The van der Waals surface area contributed by atoms with Gasteiger partial charge in [0.25, 0.3) is 5.91 Å². The quantitative estimate of drug-likeness (QED) is 0.742. The monoisotopic (exact) mass is 340 g/mol. The summed E-state index contributed by atoms with van der Waals surface area (Å²) in [5.74, 6) is 0.429. The highest BCUT2D eigenvalue weighted by Gasteiger charge is 2.16. The van der Waals surface area contributed by atoms with E-state index in [1.165, 1.54) is 6.92 Å². The predicted molar refractivity (Wildman–Crippen MR) is 98.2 cm³/mol. The van der Waals surface area contributed by atoms with Gasteiger partial charge in [-0.2, -0.15) is 0 Å². The highest BCUT2D eigenvalue weighted by atomic mass is 16.2. The number of hydrogen-bond donors (Lipinski definition) is 1. The molecule has 132 valence electrons. The SMILES string of the molecule is CCCN(CCC)C(=O)c1ccc(Nc2cccc(C(C)=O)c2)nn1. The van der Waals surface area contributed by atoms with Crippen molar-refractivity contribution in [2.45, 2.75) is 33.6 Å². The summed E-state index contributed by atoms with van der Waals surface area (Å²) in [5.41, 5.74) is 1.71. The Balaban J connectivity index is 2.10. The Bertz CT molecular complexity index is 722. The van der Waals surface area contributed by atoms with Crippen LogP contribution < -0.4 is 5.32 Å². The second-order valence-corrected chi connectivity index (χ2v) is 5.86. The largest absolute Gasteiger partial charge is 0.339 e. The van der Waals surface area contributed by atoms with E-state index < -0.39 is 0 Å². The molecule has 25 heavy (non-hydrogen) atoms. The number of carbonyl (C=O) groups excluding carboxylic acids is 2. The number of hydrogen-bond acceptors (Lipinski definition) is 5. The standard InChI is InChI=1S/C19H24N4O2/c1-4-11-23(12-5-2)19(25)17-9-10-18(22-21-17)20-16-8-6-7-15(13-16)14(3)24/h6-10,13H,4-5,11-12H2,1-3H3,(H,20,22). The van der Waals surface area contributed by atoms with Gasteiger partial charge in [0.1, 0.15) is 0 Å². The highest BCUT2D eigenvalue weighted by Crippen LogP contribution is 2.16. The van der Waals surface area contributed by atoms with E-state index in [1.54, 1.807) is 35.2 Å². The molecule has 0 aliphatic carbocycles. The molecule has 0 fully saturated rings. The van der Waals surface area contributed by atoms with E-state index in [2.05, 4.69) is 15.5 Å². The number of benzene rings is 1. The van der Waals surface area contributed by atoms with Gasteiger partial charge in [0.15, 0.2) is 17.3 Å². The van der Waals surface area contributed by atoms with Crippen molar-refractivity contribution in [3.8, 4) is 0 Å². The average molecular weight is 340 g/mol. The summed E-state index contributed by atoms with van der Waals surface area (Å²) >= 11 is 0. The van der Waals surface area contributed by atoms with Crippen LogP contribution in [-0.4, -0.2) is 39.9 Å². The van der Waals surface area contributed by atoms with Gasteiger partial charge in [-0.15, -0.1) is 10.2 Å². The Morgan fingerprint density at radius 3 is 2.32 bits per heavy atom. The van der Waals surface area contributed by atoms with Crippen LogP contribution in [0.15, 0.2) is 36.4 Å². The summed E-state index contributed by atoms with van der Waals surface area (Å²) < 4.78 is 0. The van der Waals surface area contributed by atoms with E-state index in [9.17, 15) is 9.59 Å². The van der Waals surface area contributed by atoms with Crippen LogP contribution in [0.5, 0.6) is 0 Å². The van der Waals surface area contributed by atoms with Crippen molar-refractivity contribution in [2.24, 2.45) is 0 Å². The Labute approximate surface area is 148 Å². The lowest BCUT2D eigenvalue weighted by atomic mass is 10.1. The number of aromatic nitrogens is 2. The summed E-state index contributed by atoms with van der Waals surface area (Å²) in [5, 5.41) is 11.2. The van der Waals surface area contributed by atoms with Crippen molar-refractivity contribution in [3.05, 3.63) is 47.7 Å². The van der Waals surface area contributed by atoms with Gasteiger partial charge in [0, 0.05) is 24.3 Å². The lowest BCUT2D eigenvalue weighted by molar-refractivity contribution is 0.0748. The zero-order valence-electron chi connectivity index (χ0n) is 15.0. The molecule has 2 aromatic rings. The molecule has 0 unspecified atom stereocenters. The van der Waals surface area contributed by atoms with Crippen LogP contribution in [0.3, 0.4) is 0 Å². The number of nitrogens with one attached hydrogen (secondary N) is 1. The van der Waals surface area contributed by atoms with Gasteiger partial charge in [-0.25, -0.2) is 0 Å². The first-order valence-electron chi connectivity index (χ1n) is 8.56. The fourth-order valence-electron chi connectivity index (χ4n) is 2.49. The van der Waals surface area contributed by atoms with Crippen molar-refractivity contribution >= 4 is 23.2 Å². The summed E-state index contributed by atoms with van der Waals surface area (Å²) in [7, 11) is 0. The minimum atomic E-state index is -0.0960. The molecule has 1 amide bonds. The molecular weight excluding hydrogens is 316 g/mol. The normalized spacial score (nSPS) is 10.4. The minimum Gasteiger partial charge on any atom is -0.339 e. The predicted octanol–water partition coefficient (Wildman–Crippen LogP) is 3.69. The van der Waals surface area contributed by atoms with Gasteiger partial charge in [0.2, 0.25) is 0 Å². The Morgan fingerprint density at radius 1 is 1.04 bits per heavy atom. The molecule has 1 aromatic heterocycles. The Morgan fingerprint density at radius 2 is 1.76 bits per heavy atom. The average Bonchev–Trinajstić information content (AvgIpc) is 2.62. The van der Waals surface area contributed by atoms with Gasteiger partial charge < -0.3 is 10.2 Å². The lowest BCUT2D eigenvalue weighted by Crippen LogP contribution is -2.33. The molecule has 1 N–H and O–H groups in total. The van der Waals surface area contributed by atoms with Crippen molar-refractivity contribution < 1.29 is 9.59 Å². The van der Waals surface area contributed by atoms with Crippen molar-refractivity contribution in [1.29, 1.82) is 0 Å². The number of amides is 1. The van der Waals surface area contributed by atoms with E-state index in [4.69, 9.17) is 0 Å². The number of carbonyl (C=O) groups is 2. The summed E-state index contributed by atoms with van der Waals surface area (Å²) in [6, 6.07) is 10.6. The molecule has 0 aliphatic heterocycles. The molecule has 0 atom stereocenters. The fourth-order valence-corrected chi connectivity index (χ4v) is 2.49. The maximum Gasteiger partial charge on any atom is 0.274 e. The third-order valence-electron chi connectivity index (χ3n) is 3.70. The number of Topliss-reactive ketones (excluding diaryl/α,β-unsaturated/α-hetero) is 1. The fraction of sp³-hybridized carbons (Fsp3) is 0.368. The van der Waals surface area contributed by atoms with Crippen LogP contribution in [0.1, 0.15) is 54.5 Å². The van der Waals surface area contributed by atoms with E-state index in [0.717, 1.165) is 18.5 Å². The topological polar surface area (TPSA) is 75.2 Å². The maximum absolute atomic E-state index is 12.5.